The average molecular weight is 684 g/mol. The van der Waals surface area contributed by atoms with Crippen molar-refractivity contribution in [1.82, 2.24) is 14.5 Å². The molecule has 0 unspecified atom stereocenters. The van der Waals surface area contributed by atoms with E-state index in [0.29, 0.717) is 5.95 Å². The van der Waals surface area contributed by atoms with E-state index >= 15 is 0 Å². The van der Waals surface area contributed by atoms with Gasteiger partial charge in [0.1, 0.15) is 0 Å². The molecule has 0 aliphatic rings. The van der Waals surface area contributed by atoms with E-state index in [1.807, 2.05) is 25.2 Å². The molecule has 3 heterocycles. The van der Waals surface area contributed by atoms with E-state index in [2.05, 4.69) is 168 Å². The maximum atomic E-state index is 5.40. The molecule has 4 heteroatoms. The highest BCUT2D eigenvalue weighted by Gasteiger charge is 2.21. The van der Waals surface area contributed by atoms with Gasteiger partial charge in [0.2, 0.25) is 5.95 Å². The van der Waals surface area contributed by atoms with E-state index < -0.39 is 0 Å². The predicted molar refractivity (Wildman–Crippen MR) is 224 cm³/mol. The van der Waals surface area contributed by atoms with Crippen molar-refractivity contribution < 1.29 is 0 Å². The molecule has 0 aliphatic heterocycles. The molecular formula is C48H33N3S. The minimum absolute atomic E-state index is 0.665. The molecule has 3 aromatic heterocycles. The Morgan fingerprint density at radius 2 is 1.15 bits per heavy atom. The van der Waals surface area contributed by atoms with Crippen LogP contribution < -0.4 is 0 Å². The van der Waals surface area contributed by atoms with Crippen LogP contribution in [0, 0.1) is 0 Å². The molecule has 0 atom stereocenters. The topological polar surface area (TPSA) is 30.7 Å². The normalized spacial score (nSPS) is 11.7. The molecule has 0 fully saturated rings. The summed E-state index contributed by atoms with van der Waals surface area (Å²) in [4.78, 5) is 10.7. The summed E-state index contributed by atoms with van der Waals surface area (Å²) in [6.45, 7) is 4.00. The summed E-state index contributed by atoms with van der Waals surface area (Å²) in [5.74, 6) is 0.665. The molecule has 0 saturated heterocycles. The Balaban J connectivity index is 0.00000166. The minimum Gasteiger partial charge on any atom is -0.277 e. The Morgan fingerprint density at radius 1 is 0.462 bits per heavy atom. The van der Waals surface area contributed by atoms with Crippen LogP contribution in [0.1, 0.15) is 13.8 Å². The van der Waals surface area contributed by atoms with Gasteiger partial charge in [0.25, 0.3) is 0 Å². The van der Waals surface area contributed by atoms with Gasteiger partial charge in [-0.3, -0.25) is 4.57 Å². The summed E-state index contributed by atoms with van der Waals surface area (Å²) in [5.41, 5.74) is 7.45. The molecule has 52 heavy (non-hydrogen) atoms. The molecule has 0 aliphatic carbocycles. The average Bonchev–Trinajstić information content (AvgIpc) is 3.76. The molecule has 3 nitrogen and oxygen atoms in total. The lowest BCUT2D eigenvalue weighted by molar-refractivity contribution is 1.01. The summed E-state index contributed by atoms with van der Waals surface area (Å²) in [6, 6.07) is 58.9. The Hall–Kier alpha value is -6.36. The lowest BCUT2D eigenvalue weighted by Gasteiger charge is -2.14. The minimum atomic E-state index is 0.665. The number of hydrogen-bond acceptors (Lipinski definition) is 3. The standard InChI is InChI=1S/C46H27N3S.C2H6/c1-2-12-29(13-3-1)44-36-17-8-9-20-39(36)47-46(48-44)49-40-27-31-15-5-4-14-30(31)25-37(40)35-19-10-18-34(45(35)49)32-22-23-41-38(26-32)43-33-16-7-6-11-28(33)21-24-42(43)50-41;1-2/h1-27H;1-2H3. The highest BCUT2D eigenvalue weighted by atomic mass is 32.1. The molecule has 0 bridgehead atoms. The number of para-hydroxylation sites is 2. The Morgan fingerprint density at radius 3 is 2.00 bits per heavy atom. The third-order valence-corrected chi connectivity index (χ3v) is 11.3. The van der Waals surface area contributed by atoms with Crippen LogP contribution in [0.4, 0.5) is 0 Å². The highest BCUT2D eigenvalue weighted by molar-refractivity contribution is 7.26. The van der Waals surface area contributed by atoms with Crippen molar-refractivity contribution in [3.05, 3.63) is 164 Å². The van der Waals surface area contributed by atoms with Gasteiger partial charge in [-0.15, -0.1) is 11.3 Å². The first-order valence-electron chi connectivity index (χ1n) is 17.9. The van der Waals surface area contributed by atoms with Gasteiger partial charge in [-0.2, -0.15) is 0 Å². The molecule has 11 aromatic rings. The van der Waals surface area contributed by atoms with Crippen LogP contribution in [0.25, 0.3) is 103 Å². The summed E-state index contributed by atoms with van der Waals surface area (Å²) in [7, 11) is 0. The number of hydrogen-bond donors (Lipinski definition) is 0. The van der Waals surface area contributed by atoms with E-state index in [4.69, 9.17) is 9.97 Å². The second-order valence-electron chi connectivity index (χ2n) is 13.0. The smallest absolute Gasteiger partial charge is 0.235 e. The Labute approximate surface area is 305 Å². The fourth-order valence-electron chi connectivity index (χ4n) is 7.89. The van der Waals surface area contributed by atoms with Crippen LogP contribution in [0.15, 0.2) is 164 Å². The molecule has 0 saturated carbocycles. The monoisotopic (exact) mass is 683 g/mol. The molecule has 11 rings (SSSR count). The Bertz CT molecular complexity index is 3150. The van der Waals surface area contributed by atoms with Crippen molar-refractivity contribution in [3.63, 3.8) is 0 Å². The molecule has 8 aromatic carbocycles. The van der Waals surface area contributed by atoms with Gasteiger partial charge < -0.3 is 0 Å². The zero-order valence-electron chi connectivity index (χ0n) is 28.8. The van der Waals surface area contributed by atoms with Crippen molar-refractivity contribution in [2.75, 3.05) is 0 Å². The lowest BCUT2D eigenvalue weighted by Crippen LogP contribution is -2.04. The van der Waals surface area contributed by atoms with E-state index in [1.165, 1.54) is 58.1 Å². The van der Waals surface area contributed by atoms with Crippen LogP contribution in [0.2, 0.25) is 0 Å². The van der Waals surface area contributed by atoms with Crippen LogP contribution in [0.5, 0.6) is 0 Å². The number of thiophene rings is 1. The van der Waals surface area contributed by atoms with Crippen molar-refractivity contribution in [2.24, 2.45) is 0 Å². The third-order valence-electron chi connectivity index (χ3n) is 10.2. The van der Waals surface area contributed by atoms with Crippen LogP contribution >= 0.6 is 11.3 Å². The van der Waals surface area contributed by atoms with Gasteiger partial charge >= 0.3 is 0 Å². The van der Waals surface area contributed by atoms with Gasteiger partial charge in [0, 0.05) is 47.5 Å². The zero-order valence-corrected chi connectivity index (χ0v) is 29.7. The molecule has 0 radical (unpaired) electrons. The van der Waals surface area contributed by atoms with E-state index in [9.17, 15) is 0 Å². The maximum absolute atomic E-state index is 5.40. The van der Waals surface area contributed by atoms with Crippen LogP contribution in [0.3, 0.4) is 0 Å². The van der Waals surface area contributed by atoms with E-state index in [-0.39, 0.29) is 0 Å². The SMILES string of the molecule is CC.c1ccc(-c2nc(-n3c4cc5ccccc5cc4c4cccc(-c5ccc6sc7ccc8ccccc8c7c6c5)c43)nc3ccccc23)cc1. The summed E-state index contributed by atoms with van der Waals surface area (Å²) >= 11 is 1.86. The number of benzene rings is 8. The van der Waals surface area contributed by atoms with Crippen molar-refractivity contribution in [2.45, 2.75) is 13.8 Å². The number of fused-ring (bicyclic) bond motifs is 10. The Kier molecular flexibility index (Phi) is 7.12. The molecule has 246 valence electrons. The van der Waals surface area contributed by atoms with Crippen molar-refractivity contribution in [3.8, 4) is 28.3 Å². The molecular weight excluding hydrogens is 651 g/mol. The van der Waals surface area contributed by atoms with Crippen LogP contribution in [-0.2, 0) is 0 Å². The van der Waals surface area contributed by atoms with Gasteiger partial charge in [-0.25, -0.2) is 9.97 Å². The second-order valence-corrected chi connectivity index (χ2v) is 14.1. The summed E-state index contributed by atoms with van der Waals surface area (Å²) < 4.78 is 4.91. The van der Waals surface area contributed by atoms with E-state index in [1.54, 1.807) is 0 Å². The van der Waals surface area contributed by atoms with Gasteiger partial charge in [-0.1, -0.05) is 141 Å². The lowest BCUT2D eigenvalue weighted by atomic mass is 9.98. The number of nitrogens with zero attached hydrogens (tertiary/aromatic N) is 3. The van der Waals surface area contributed by atoms with Crippen molar-refractivity contribution in [1.29, 1.82) is 0 Å². The van der Waals surface area contributed by atoms with Gasteiger partial charge in [0.05, 0.1) is 22.2 Å². The quantitative estimate of drug-likeness (QED) is 0.186. The second kappa shape index (κ2) is 12.2. The number of aromatic nitrogens is 3. The highest BCUT2D eigenvalue weighted by Crippen LogP contribution is 2.43. The predicted octanol–water partition coefficient (Wildman–Crippen LogP) is 13.8. The van der Waals surface area contributed by atoms with Gasteiger partial charge in [0.15, 0.2) is 0 Å². The first-order chi connectivity index (χ1) is 25.8. The fourth-order valence-corrected chi connectivity index (χ4v) is 8.99. The molecule has 0 N–H and O–H groups in total. The van der Waals surface area contributed by atoms with Crippen molar-refractivity contribution >= 4 is 85.8 Å². The van der Waals surface area contributed by atoms with Gasteiger partial charge in [-0.05, 0) is 63.5 Å². The zero-order chi connectivity index (χ0) is 34.8. The maximum Gasteiger partial charge on any atom is 0.235 e. The van der Waals surface area contributed by atoms with E-state index in [0.717, 1.165) is 38.8 Å². The first kappa shape index (κ1) is 30.5. The first-order valence-corrected chi connectivity index (χ1v) is 18.7. The fraction of sp³-hybridized carbons (Fsp3) is 0.0417. The third kappa shape index (κ3) is 4.65. The molecule has 0 spiro atoms. The molecule has 0 amide bonds. The number of rotatable bonds is 3. The summed E-state index contributed by atoms with van der Waals surface area (Å²) in [5, 5.41) is 11.0. The summed E-state index contributed by atoms with van der Waals surface area (Å²) in [6.07, 6.45) is 0. The largest absolute Gasteiger partial charge is 0.277 e. The van der Waals surface area contributed by atoms with Crippen LogP contribution in [-0.4, -0.2) is 14.5 Å².